The van der Waals surface area contributed by atoms with Crippen LogP contribution < -0.4 is 4.74 Å². The second-order valence-electron chi connectivity index (χ2n) is 6.36. The summed E-state index contributed by atoms with van der Waals surface area (Å²) in [5.41, 5.74) is -0.240. The van der Waals surface area contributed by atoms with E-state index in [1.54, 1.807) is 6.26 Å². The van der Waals surface area contributed by atoms with Gasteiger partial charge in [0.15, 0.2) is 5.78 Å². The molecule has 0 aromatic heterocycles. The molecule has 2 saturated heterocycles. The van der Waals surface area contributed by atoms with Gasteiger partial charge in [0.05, 0.1) is 11.9 Å². The molecule has 0 N–H and O–H groups in total. The van der Waals surface area contributed by atoms with E-state index in [-0.39, 0.29) is 17.3 Å². The second kappa shape index (κ2) is 4.45. The SMILES string of the molecule is CC12CCC(/C(=C/Oc3ccccc3)C1=O)C(C)(C)O2. The molecule has 3 nitrogen and oxygen atoms in total. The minimum Gasteiger partial charge on any atom is -0.465 e. The van der Waals surface area contributed by atoms with E-state index >= 15 is 0 Å². The maximum absolute atomic E-state index is 12.5. The molecule has 2 unspecified atom stereocenters. The molecule has 4 rings (SSSR count). The molecule has 1 aromatic carbocycles. The van der Waals surface area contributed by atoms with Crippen molar-refractivity contribution in [1.82, 2.24) is 0 Å². The molecule has 0 amide bonds. The Morgan fingerprint density at radius 1 is 1.25 bits per heavy atom. The average molecular weight is 272 g/mol. The van der Waals surface area contributed by atoms with Crippen LogP contribution in [0.5, 0.6) is 5.75 Å². The first-order chi connectivity index (χ1) is 9.42. The molecule has 3 aliphatic rings. The summed E-state index contributed by atoms with van der Waals surface area (Å²) < 4.78 is 11.7. The molecule has 3 fully saturated rings. The van der Waals surface area contributed by atoms with Gasteiger partial charge in [0.2, 0.25) is 0 Å². The van der Waals surface area contributed by atoms with Gasteiger partial charge in [-0.1, -0.05) is 18.2 Å². The van der Waals surface area contributed by atoms with Crippen molar-refractivity contribution in [3.63, 3.8) is 0 Å². The van der Waals surface area contributed by atoms with E-state index in [9.17, 15) is 4.79 Å². The van der Waals surface area contributed by atoms with Crippen molar-refractivity contribution < 1.29 is 14.3 Å². The molecule has 2 atom stereocenters. The third-order valence-electron chi connectivity index (χ3n) is 4.42. The van der Waals surface area contributed by atoms with Gasteiger partial charge in [-0.2, -0.15) is 0 Å². The van der Waals surface area contributed by atoms with Gasteiger partial charge in [-0.25, -0.2) is 0 Å². The highest BCUT2D eigenvalue weighted by atomic mass is 16.5. The lowest BCUT2D eigenvalue weighted by atomic mass is 9.65. The minimum absolute atomic E-state index is 0.0732. The monoisotopic (exact) mass is 272 g/mol. The number of carbonyl (C=O) groups excluding carboxylic acids is 1. The molecule has 0 spiro atoms. The molecule has 0 radical (unpaired) electrons. The summed E-state index contributed by atoms with van der Waals surface area (Å²) in [5.74, 6) is 0.933. The topological polar surface area (TPSA) is 35.5 Å². The zero-order chi connectivity index (χ0) is 14.4. The second-order valence-corrected chi connectivity index (χ2v) is 6.36. The van der Waals surface area contributed by atoms with Crippen LogP contribution in [0.1, 0.15) is 33.6 Å². The number of hydrogen-bond donors (Lipinski definition) is 0. The largest absolute Gasteiger partial charge is 0.465 e. The smallest absolute Gasteiger partial charge is 0.193 e. The first-order valence-electron chi connectivity index (χ1n) is 7.09. The highest BCUT2D eigenvalue weighted by Crippen LogP contribution is 2.50. The van der Waals surface area contributed by atoms with Gasteiger partial charge in [0, 0.05) is 11.5 Å². The van der Waals surface area contributed by atoms with E-state index in [1.807, 2.05) is 37.3 Å². The van der Waals surface area contributed by atoms with Crippen LogP contribution in [0.25, 0.3) is 0 Å². The predicted octanol–water partition coefficient (Wildman–Crippen LogP) is 3.50. The molecule has 1 saturated carbocycles. The number of para-hydroxylation sites is 1. The molecule has 2 aliphatic heterocycles. The van der Waals surface area contributed by atoms with Crippen molar-refractivity contribution in [3.05, 3.63) is 42.2 Å². The highest BCUT2D eigenvalue weighted by Gasteiger charge is 2.56. The molecule has 1 aromatic rings. The Morgan fingerprint density at radius 2 is 1.95 bits per heavy atom. The summed E-state index contributed by atoms with van der Waals surface area (Å²) in [5, 5.41) is 0. The maximum atomic E-state index is 12.5. The fourth-order valence-electron chi connectivity index (χ4n) is 3.39. The molecule has 106 valence electrons. The Morgan fingerprint density at radius 3 is 2.60 bits per heavy atom. The highest BCUT2D eigenvalue weighted by molar-refractivity contribution is 6.03. The van der Waals surface area contributed by atoms with Gasteiger partial charge in [0.1, 0.15) is 11.4 Å². The maximum Gasteiger partial charge on any atom is 0.193 e. The van der Waals surface area contributed by atoms with Crippen LogP contribution in [0.4, 0.5) is 0 Å². The lowest BCUT2D eigenvalue weighted by Crippen LogP contribution is -2.60. The summed E-state index contributed by atoms with van der Waals surface area (Å²) in [4.78, 5) is 12.5. The van der Waals surface area contributed by atoms with E-state index in [0.29, 0.717) is 0 Å². The van der Waals surface area contributed by atoms with E-state index in [1.165, 1.54) is 0 Å². The summed E-state index contributed by atoms with van der Waals surface area (Å²) in [7, 11) is 0. The third-order valence-corrected chi connectivity index (χ3v) is 4.42. The zero-order valence-electron chi connectivity index (χ0n) is 12.2. The minimum atomic E-state index is -0.690. The Balaban J connectivity index is 1.90. The Hall–Kier alpha value is -1.61. The van der Waals surface area contributed by atoms with Gasteiger partial charge < -0.3 is 9.47 Å². The zero-order valence-corrected chi connectivity index (χ0v) is 12.2. The van der Waals surface area contributed by atoms with Crippen molar-refractivity contribution >= 4 is 5.78 Å². The van der Waals surface area contributed by atoms with Gasteiger partial charge in [-0.3, -0.25) is 4.79 Å². The average Bonchev–Trinajstić information content (AvgIpc) is 2.40. The van der Waals surface area contributed by atoms with Crippen LogP contribution in [0.3, 0.4) is 0 Å². The molecule has 2 bridgehead atoms. The van der Waals surface area contributed by atoms with E-state index in [2.05, 4.69) is 13.8 Å². The van der Waals surface area contributed by atoms with Gasteiger partial charge in [-0.15, -0.1) is 0 Å². The van der Waals surface area contributed by atoms with Crippen LogP contribution in [0.15, 0.2) is 42.2 Å². The lowest BCUT2D eigenvalue weighted by Gasteiger charge is -2.53. The van der Waals surface area contributed by atoms with Crippen molar-refractivity contribution in [3.8, 4) is 5.75 Å². The molecule has 3 heteroatoms. The Bertz CT molecular complexity index is 559. The predicted molar refractivity (Wildman–Crippen MR) is 76.5 cm³/mol. The van der Waals surface area contributed by atoms with Crippen molar-refractivity contribution in [2.75, 3.05) is 0 Å². The quantitative estimate of drug-likeness (QED) is 0.610. The fourth-order valence-corrected chi connectivity index (χ4v) is 3.39. The fraction of sp³-hybridized carbons (Fsp3) is 0.471. The summed E-state index contributed by atoms with van der Waals surface area (Å²) in [6.45, 7) is 6.00. The number of hydrogen-bond acceptors (Lipinski definition) is 3. The Kier molecular flexibility index (Phi) is 2.98. The van der Waals surface area contributed by atoms with Gasteiger partial charge in [0.25, 0.3) is 0 Å². The first-order valence-corrected chi connectivity index (χ1v) is 7.09. The Labute approximate surface area is 119 Å². The number of rotatable bonds is 2. The van der Waals surface area contributed by atoms with Crippen LogP contribution in [0.2, 0.25) is 0 Å². The van der Waals surface area contributed by atoms with Crippen molar-refractivity contribution in [1.29, 1.82) is 0 Å². The number of benzene rings is 1. The molecular formula is C17H20O3. The summed E-state index contributed by atoms with van der Waals surface area (Å²) in [6, 6.07) is 9.53. The van der Waals surface area contributed by atoms with Gasteiger partial charge in [-0.05, 0) is 45.7 Å². The standard InChI is InChI=1S/C17H20O3/c1-16(2)14-9-10-17(3,20-16)15(18)13(14)11-19-12-7-5-4-6-8-12/h4-8,11,14H,9-10H2,1-3H3/b13-11-. The van der Waals surface area contributed by atoms with Crippen molar-refractivity contribution in [2.24, 2.45) is 5.92 Å². The van der Waals surface area contributed by atoms with E-state index in [0.717, 1.165) is 24.2 Å². The van der Waals surface area contributed by atoms with Crippen LogP contribution >= 0.6 is 0 Å². The number of carbonyl (C=O) groups is 1. The van der Waals surface area contributed by atoms with E-state index < -0.39 is 5.60 Å². The summed E-state index contributed by atoms with van der Waals surface area (Å²) in [6.07, 6.45) is 3.39. The number of Topliss-reactive ketones (excluding diaryl/α,β-unsaturated/α-hetero) is 1. The normalized spacial score (nSPS) is 33.5. The van der Waals surface area contributed by atoms with Crippen molar-refractivity contribution in [2.45, 2.75) is 44.8 Å². The molecule has 1 aliphatic carbocycles. The molecule has 20 heavy (non-hydrogen) atoms. The molecule has 2 heterocycles. The van der Waals surface area contributed by atoms with Gasteiger partial charge >= 0.3 is 0 Å². The van der Waals surface area contributed by atoms with E-state index in [4.69, 9.17) is 9.47 Å². The van der Waals surface area contributed by atoms with Crippen LogP contribution in [0, 0.1) is 5.92 Å². The number of ether oxygens (including phenoxy) is 2. The first kappa shape index (κ1) is 13.4. The number of ketones is 1. The summed E-state index contributed by atoms with van der Waals surface area (Å²) >= 11 is 0. The van der Waals surface area contributed by atoms with Crippen LogP contribution in [-0.2, 0) is 9.53 Å². The third kappa shape index (κ3) is 2.06. The lowest BCUT2D eigenvalue weighted by molar-refractivity contribution is -0.206. The van der Waals surface area contributed by atoms with Crippen LogP contribution in [-0.4, -0.2) is 17.0 Å². The molecular weight excluding hydrogens is 252 g/mol. The number of fused-ring (bicyclic) bond motifs is 3.